The standard InChI is InChI=1S/C55H93N5O15/c1-15-42-55(11,66)47(62)34(4)44(59-68-27-19-22-39-20-17-16-18-21-39)32(2)29-53(9,65)48(35(5)45(36(6)50(63)72-42)73-43-30-54(10,67-14)49(37(7)70-43)71-38(8)61)75-51-46(41(60(12)13)28-33(3)69-51)74-52(64)58-57-31-40-23-25-56-26-24-40/h23-26,32-37,39,41-43,45-49,51,57,62,65-66H,15-22,27-31H2,1-14H3,(H,58,64)/b59-44+/t32-,33-,34-,35+,36-,37+,41+,42+,43+,45+,46-,47-,48-,49+,51+,53?,54-,55-/m1/s1. The van der Waals surface area contributed by atoms with Crippen LogP contribution in [0.25, 0.3) is 0 Å². The van der Waals surface area contributed by atoms with Gasteiger partial charge in [0, 0.05) is 57.1 Å². The molecule has 4 heterocycles. The number of methoxy groups -OCH3 is 1. The molecular weight excluding hydrogens is 971 g/mol. The van der Waals surface area contributed by atoms with Gasteiger partial charge in [-0.3, -0.25) is 20.0 Å². The van der Waals surface area contributed by atoms with Gasteiger partial charge in [0.15, 0.2) is 24.8 Å². The number of rotatable bonds is 17. The summed E-state index contributed by atoms with van der Waals surface area (Å²) in [5, 5.41) is 42.5. The molecule has 0 spiro atoms. The molecule has 0 radical (unpaired) electrons. The van der Waals surface area contributed by atoms with E-state index in [2.05, 4.69) is 21.0 Å². The lowest BCUT2D eigenvalue weighted by atomic mass is 9.73. The summed E-state index contributed by atoms with van der Waals surface area (Å²) in [6.45, 7) is 19.2. The Morgan fingerprint density at radius 3 is 2.23 bits per heavy atom. The van der Waals surface area contributed by atoms with Crippen molar-refractivity contribution in [3.63, 3.8) is 0 Å². The fourth-order valence-electron chi connectivity index (χ4n) is 12.0. The average Bonchev–Trinajstić information content (AvgIpc) is 3.35. The number of aliphatic hydroxyl groups excluding tert-OH is 1. The van der Waals surface area contributed by atoms with Crippen LogP contribution in [0.15, 0.2) is 29.7 Å². The fraction of sp³-hybridized carbons (Fsp3) is 0.836. The monoisotopic (exact) mass is 1060 g/mol. The van der Waals surface area contributed by atoms with Gasteiger partial charge in [0.2, 0.25) is 0 Å². The van der Waals surface area contributed by atoms with E-state index in [0.29, 0.717) is 24.7 Å². The summed E-state index contributed by atoms with van der Waals surface area (Å²) in [6.07, 6.45) is 0.573. The van der Waals surface area contributed by atoms with Crippen molar-refractivity contribution >= 4 is 23.7 Å². The zero-order chi connectivity index (χ0) is 55.4. The van der Waals surface area contributed by atoms with E-state index < -0.39 is 126 Å². The number of ether oxygens (including phenoxy) is 8. The minimum Gasteiger partial charge on any atom is -0.459 e. The van der Waals surface area contributed by atoms with E-state index in [1.54, 1.807) is 60.9 Å². The Morgan fingerprint density at radius 2 is 1.60 bits per heavy atom. The van der Waals surface area contributed by atoms with Crippen LogP contribution in [0.1, 0.15) is 152 Å². The van der Waals surface area contributed by atoms with Crippen molar-refractivity contribution in [2.75, 3.05) is 27.8 Å². The molecule has 1 aromatic rings. The van der Waals surface area contributed by atoms with Crippen molar-refractivity contribution in [3.05, 3.63) is 30.1 Å². The van der Waals surface area contributed by atoms with E-state index in [0.717, 1.165) is 18.4 Å². The smallest absolute Gasteiger partial charge is 0.422 e. The molecule has 20 nitrogen and oxygen atoms in total. The molecule has 1 amide bonds. The summed E-state index contributed by atoms with van der Waals surface area (Å²) in [7, 11) is 5.25. The Bertz CT molecular complexity index is 1970. The number of hydrogen-bond donors (Lipinski definition) is 5. The number of pyridine rings is 1. The Hall–Kier alpha value is -3.57. The van der Waals surface area contributed by atoms with Crippen LogP contribution in [0, 0.1) is 29.6 Å². The Kier molecular flexibility index (Phi) is 23.1. The number of nitrogens with one attached hydrogen (secondary N) is 2. The lowest BCUT2D eigenvalue weighted by molar-refractivity contribution is -0.318. The van der Waals surface area contributed by atoms with Gasteiger partial charge in [0.1, 0.15) is 23.9 Å². The number of likely N-dealkylation sites (N-methyl/N-ethyl adjacent to an activating group) is 1. The number of carbonyl (C=O) groups excluding carboxylic acids is 3. The molecule has 1 saturated carbocycles. The SMILES string of the molecule is CC[C@@H]1OC(=O)[C@H](C)[C@@H](O[C@H]2C[C@@](C)(OC)[C@@H](OC(C)=O)[C@H](C)O2)[C@H](C)[C@@H](O[C@@H]2O[C@H](C)C[C@H](N(C)C)[C@H]2OC(=O)NNCc2ccncc2)C(C)(O)C[C@@H](C)/C(=N\OCCCC2CCCCC2)[C@@H](C)[C@@H](O)[C@]1(C)O. The summed E-state index contributed by atoms with van der Waals surface area (Å²) >= 11 is 0. The van der Waals surface area contributed by atoms with Gasteiger partial charge in [-0.1, -0.05) is 65.0 Å². The number of aliphatic hydroxyl groups is 3. The Labute approximate surface area is 445 Å². The van der Waals surface area contributed by atoms with E-state index in [-0.39, 0.29) is 25.8 Å². The van der Waals surface area contributed by atoms with Crippen LogP contribution in [0.5, 0.6) is 0 Å². The van der Waals surface area contributed by atoms with Crippen LogP contribution in [0.3, 0.4) is 0 Å². The molecule has 1 aliphatic carbocycles. The van der Waals surface area contributed by atoms with Gasteiger partial charge in [-0.15, -0.1) is 0 Å². The molecule has 1 aromatic heterocycles. The average molecular weight is 1060 g/mol. The second-order valence-electron chi connectivity index (χ2n) is 22.9. The molecule has 18 atom stereocenters. The molecule has 4 aliphatic rings. The van der Waals surface area contributed by atoms with E-state index >= 15 is 0 Å². The van der Waals surface area contributed by atoms with Gasteiger partial charge in [-0.05, 0) is 111 Å². The molecule has 20 heteroatoms. The van der Waals surface area contributed by atoms with Crippen LogP contribution >= 0.6 is 0 Å². The molecule has 5 rings (SSSR count). The highest BCUT2D eigenvalue weighted by Crippen LogP contribution is 2.42. The number of hydrogen-bond acceptors (Lipinski definition) is 19. The molecular formula is C55H93N5O15. The molecule has 0 bridgehead atoms. The number of oxime groups is 1. The largest absolute Gasteiger partial charge is 0.459 e. The molecule has 3 aliphatic heterocycles. The van der Waals surface area contributed by atoms with Crippen molar-refractivity contribution in [3.8, 4) is 0 Å². The highest BCUT2D eigenvalue weighted by molar-refractivity contribution is 5.88. The van der Waals surface area contributed by atoms with Crippen molar-refractivity contribution < 1.29 is 72.4 Å². The number of carbonyl (C=O) groups is 3. The zero-order valence-corrected chi connectivity index (χ0v) is 47.3. The zero-order valence-electron chi connectivity index (χ0n) is 47.3. The first-order valence-corrected chi connectivity index (χ1v) is 27.4. The number of amides is 1. The van der Waals surface area contributed by atoms with Crippen LogP contribution in [-0.4, -0.2) is 161 Å². The highest BCUT2D eigenvalue weighted by Gasteiger charge is 2.55. The topological polar surface area (TPSA) is 248 Å². The van der Waals surface area contributed by atoms with Gasteiger partial charge in [-0.25, -0.2) is 10.2 Å². The normalized spacial score (nSPS) is 39.3. The van der Waals surface area contributed by atoms with Gasteiger partial charge in [0.25, 0.3) is 0 Å². The first-order valence-electron chi connectivity index (χ1n) is 27.4. The van der Waals surface area contributed by atoms with Crippen molar-refractivity contribution in [1.29, 1.82) is 0 Å². The molecule has 75 heavy (non-hydrogen) atoms. The van der Waals surface area contributed by atoms with E-state index in [9.17, 15) is 29.7 Å². The number of cyclic esters (lactones) is 1. The quantitative estimate of drug-likeness (QED) is 0.0493. The summed E-state index contributed by atoms with van der Waals surface area (Å²) in [5.74, 6) is -4.17. The molecule has 0 aromatic carbocycles. The van der Waals surface area contributed by atoms with Crippen LogP contribution in [-0.2, 0) is 58.9 Å². The van der Waals surface area contributed by atoms with Crippen LogP contribution < -0.4 is 10.9 Å². The summed E-state index contributed by atoms with van der Waals surface area (Å²) in [5.41, 5.74) is 1.86. The molecule has 428 valence electrons. The highest BCUT2D eigenvalue weighted by atomic mass is 16.7. The predicted octanol–water partition coefficient (Wildman–Crippen LogP) is 6.35. The number of esters is 2. The number of nitrogens with zero attached hydrogens (tertiary/aromatic N) is 3. The van der Waals surface area contributed by atoms with E-state index in [4.69, 9.17) is 42.7 Å². The predicted molar refractivity (Wildman–Crippen MR) is 278 cm³/mol. The molecule has 4 fully saturated rings. The lowest BCUT2D eigenvalue weighted by Crippen LogP contribution is -2.62. The minimum absolute atomic E-state index is 0.0404. The Morgan fingerprint density at radius 1 is 0.920 bits per heavy atom. The van der Waals surface area contributed by atoms with Gasteiger partial charge < -0.3 is 63.0 Å². The van der Waals surface area contributed by atoms with Gasteiger partial charge in [-0.2, -0.15) is 0 Å². The van der Waals surface area contributed by atoms with Crippen LogP contribution in [0.4, 0.5) is 4.79 Å². The van der Waals surface area contributed by atoms with Gasteiger partial charge in [0.05, 0.1) is 53.8 Å². The van der Waals surface area contributed by atoms with Gasteiger partial charge >= 0.3 is 18.0 Å². The number of hydrazine groups is 1. The lowest BCUT2D eigenvalue weighted by Gasteiger charge is -2.49. The third kappa shape index (κ3) is 16.5. The minimum atomic E-state index is -1.98. The fourth-order valence-corrected chi connectivity index (χ4v) is 12.0. The molecule has 5 N–H and O–H groups in total. The number of aromatic nitrogens is 1. The first-order chi connectivity index (χ1) is 35.3. The van der Waals surface area contributed by atoms with Crippen molar-refractivity contribution in [2.24, 2.45) is 34.7 Å². The Balaban J connectivity index is 1.59. The van der Waals surface area contributed by atoms with E-state index in [1.165, 1.54) is 53.1 Å². The first kappa shape index (κ1) is 62.3. The van der Waals surface area contributed by atoms with Crippen LogP contribution in [0.2, 0.25) is 0 Å². The van der Waals surface area contributed by atoms with Crippen molar-refractivity contribution in [1.82, 2.24) is 20.7 Å². The second-order valence-corrected chi connectivity index (χ2v) is 22.9. The maximum atomic E-state index is 14.8. The summed E-state index contributed by atoms with van der Waals surface area (Å²) in [4.78, 5) is 52.8. The summed E-state index contributed by atoms with van der Waals surface area (Å²) < 4.78 is 51.2. The second kappa shape index (κ2) is 27.8. The summed E-state index contributed by atoms with van der Waals surface area (Å²) in [6, 6.07) is 3.20. The third-order valence-corrected chi connectivity index (χ3v) is 16.3. The van der Waals surface area contributed by atoms with E-state index in [1.807, 2.05) is 45.0 Å². The molecule has 3 saturated heterocycles. The van der Waals surface area contributed by atoms with Crippen molar-refractivity contribution in [2.45, 2.75) is 238 Å². The molecule has 1 unspecified atom stereocenters. The maximum absolute atomic E-state index is 14.8. The third-order valence-electron chi connectivity index (χ3n) is 16.3. The maximum Gasteiger partial charge on any atom is 0.422 e.